The number of aliphatic carboxylic acids is 1. The van der Waals surface area contributed by atoms with Crippen LogP contribution in [0.1, 0.15) is 35.5 Å². The van der Waals surface area contributed by atoms with Gasteiger partial charge in [0.15, 0.2) is 0 Å². The van der Waals surface area contributed by atoms with Crippen LogP contribution in [-0.4, -0.2) is 48.1 Å². The third-order valence-corrected chi connectivity index (χ3v) is 3.87. The Morgan fingerprint density at radius 3 is 2.76 bits per heavy atom. The van der Waals surface area contributed by atoms with Crippen molar-refractivity contribution in [3.05, 3.63) is 28.0 Å². The maximum absolute atomic E-state index is 12.0. The summed E-state index contributed by atoms with van der Waals surface area (Å²) in [6.07, 6.45) is 3.66. The first-order valence-corrected chi connectivity index (χ1v) is 7.94. The van der Waals surface area contributed by atoms with Gasteiger partial charge in [0.25, 0.3) is 5.91 Å². The van der Waals surface area contributed by atoms with E-state index < -0.39 is 5.97 Å². The molecule has 1 aromatic heterocycles. The quantitative estimate of drug-likeness (QED) is 0.687. The number of hydrogen-bond acceptors (Lipinski definition) is 4. The average Bonchev–Trinajstić information content (AvgIpc) is 2.93. The van der Waals surface area contributed by atoms with Crippen molar-refractivity contribution in [3.63, 3.8) is 0 Å². The van der Waals surface area contributed by atoms with Gasteiger partial charge in [-0.25, -0.2) is 4.79 Å². The number of likely N-dealkylation sites (N-methyl/N-ethyl adjacent to an activating group) is 1. The molecule has 0 aliphatic carbocycles. The molecule has 0 unspecified atom stereocenters. The SMILES string of the molecule is CCCN(CC)CCNC(=O)c1csc(/C=C/C(=O)O)c1. The molecule has 0 aliphatic heterocycles. The van der Waals surface area contributed by atoms with Gasteiger partial charge in [-0.2, -0.15) is 0 Å². The lowest BCUT2D eigenvalue weighted by atomic mass is 10.3. The fourth-order valence-electron chi connectivity index (χ4n) is 1.89. The van der Waals surface area contributed by atoms with Crippen LogP contribution in [0, 0.1) is 0 Å². The number of nitrogens with one attached hydrogen (secondary N) is 1. The minimum absolute atomic E-state index is 0.117. The number of carboxylic acids is 1. The topological polar surface area (TPSA) is 69.6 Å². The van der Waals surface area contributed by atoms with E-state index in [0.717, 1.165) is 37.0 Å². The monoisotopic (exact) mass is 310 g/mol. The second kappa shape index (κ2) is 9.31. The molecule has 0 radical (unpaired) electrons. The Morgan fingerprint density at radius 1 is 1.38 bits per heavy atom. The first-order valence-electron chi connectivity index (χ1n) is 7.06. The fourth-order valence-corrected chi connectivity index (χ4v) is 2.67. The summed E-state index contributed by atoms with van der Waals surface area (Å²) < 4.78 is 0. The normalized spacial score (nSPS) is 11.2. The largest absolute Gasteiger partial charge is 0.478 e. The number of thiophene rings is 1. The van der Waals surface area contributed by atoms with Crippen LogP contribution in [0.2, 0.25) is 0 Å². The molecule has 0 spiro atoms. The molecule has 1 amide bonds. The zero-order valence-corrected chi connectivity index (χ0v) is 13.3. The van der Waals surface area contributed by atoms with E-state index in [1.54, 1.807) is 11.4 Å². The van der Waals surface area contributed by atoms with E-state index in [0.29, 0.717) is 12.1 Å². The van der Waals surface area contributed by atoms with Crippen LogP contribution in [0.3, 0.4) is 0 Å². The second-order valence-corrected chi connectivity index (χ2v) is 5.54. The minimum Gasteiger partial charge on any atom is -0.478 e. The molecule has 1 aromatic rings. The number of carbonyl (C=O) groups is 2. The van der Waals surface area contributed by atoms with Crippen molar-refractivity contribution in [1.29, 1.82) is 0 Å². The maximum Gasteiger partial charge on any atom is 0.328 e. The highest BCUT2D eigenvalue weighted by Gasteiger charge is 2.08. The van der Waals surface area contributed by atoms with Crippen molar-refractivity contribution in [1.82, 2.24) is 10.2 Å². The number of hydrogen-bond donors (Lipinski definition) is 2. The molecule has 5 nitrogen and oxygen atoms in total. The Hall–Kier alpha value is -1.66. The molecule has 0 aliphatic rings. The first-order chi connectivity index (χ1) is 10.1. The fraction of sp³-hybridized carbons (Fsp3) is 0.467. The molecule has 0 fully saturated rings. The third kappa shape index (κ3) is 6.55. The predicted octanol–water partition coefficient (Wildman–Crippen LogP) is 2.31. The Morgan fingerprint density at radius 2 is 2.14 bits per heavy atom. The van der Waals surface area contributed by atoms with Crippen molar-refractivity contribution in [3.8, 4) is 0 Å². The maximum atomic E-state index is 12.0. The van der Waals surface area contributed by atoms with Crippen molar-refractivity contribution in [2.75, 3.05) is 26.2 Å². The second-order valence-electron chi connectivity index (χ2n) is 4.60. The Bertz CT molecular complexity index is 497. The Kier molecular flexibility index (Phi) is 7.71. The molecule has 1 rings (SSSR count). The van der Waals surface area contributed by atoms with E-state index in [1.165, 1.54) is 17.4 Å². The molecular formula is C15H22N2O3S. The Labute approximate surface area is 129 Å². The third-order valence-electron chi connectivity index (χ3n) is 2.97. The van der Waals surface area contributed by atoms with Crippen LogP contribution >= 0.6 is 11.3 Å². The zero-order chi connectivity index (χ0) is 15.7. The van der Waals surface area contributed by atoms with Gasteiger partial charge in [-0.05, 0) is 31.7 Å². The van der Waals surface area contributed by atoms with Crippen LogP contribution in [0.5, 0.6) is 0 Å². The van der Waals surface area contributed by atoms with Gasteiger partial charge >= 0.3 is 5.97 Å². The summed E-state index contributed by atoms with van der Waals surface area (Å²) in [7, 11) is 0. The highest BCUT2D eigenvalue weighted by atomic mass is 32.1. The first kappa shape index (κ1) is 17.4. The van der Waals surface area contributed by atoms with Gasteiger partial charge in [0, 0.05) is 29.4 Å². The van der Waals surface area contributed by atoms with E-state index in [-0.39, 0.29) is 5.91 Å². The highest BCUT2D eigenvalue weighted by molar-refractivity contribution is 7.11. The summed E-state index contributed by atoms with van der Waals surface area (Å²) >= 11 is 1.35. The van der Waals surface area contributed by atoms with Gasteiger partial charge in [0.05, 0.1) is 5.56 Å². The molecule has 21 heavy (non-hydrogen) atoms. The van der Waals surface area contributed by atoms with Crippen LogP contribution in [0.4, 0.5) is 0 Å². The predicted molar refractivity (Wildman–Crippen MR) is 85.7 cm³/mol. The molecule has 1 heterocycles. The van der Waals surface area contributed by atoms with E-state index in [4.69, 9.17) is 5.11 Å². The summed E-state index contributed by atoms with van der Waals surface area (Å²) in [4.78, 5) is 25.4. The zero-order valence-electron chi connectivity index (χ0n) is 12.5. The summed E-state index contributed by atoms with van der Waals surface area (Å²) in [5, 5.41) is 13.2. The molecule has 2 N–H and O–H groups in total. The molecule has 0 saturated carbocycles. The molecular weight excluding hydrogens is 288 g/mol. The van der Waals surface area contributed by atoms with Gasteiger partial charge in [-0.1, -0.05) is 13.8 Å². The van der Waals surface area contributed by atoms with E-state index in [2.05, 4.69) is 24.1 Å². The van der Waals surface area contributed by atoms with Crippen molar-refractivity contribution in [2.24, 2.45) is 0 Å². The number of amides is 1. The number of nitrogens with zero attached hydrogens (tertiary/aromatic N) is 1. The molecule has 0 aromatic carbocycles. The van der Waals surface area contributed by atoms with Crippen LogP contribution in [-0.2, 0) is 4.79 Å². The van der Waals surface area contributed by atoms with E-state index in [9.17, 15) is 9.59 Å². The number of rotatable bonds is 9. The van der Waals surface area contributed by atoms with Gasteiger partial charge < -0.3 is 15.3 Å². The lowest BCUT2D eigenvalue weighted by molar-refractivity contribution is -0.131. The lowest BCUT2D eigenvalue weighted by Gasteiger charge is -2.19. The smallest absolute Gasteiger partial charge is 0.328 e. The minimum atomic E-state index is -0.995. The average molecular weight is 310 g/mol. The van der Waals surface area contributed by atoms with Gasteiger partial charge in [0.2, 0.25) is 0 Å². The molecule has 0 bridgehead atoms. The lowest BCUT2D eigenvalue weighted by Crippen LogP contribution is -2.35. The van der Waals surface area contributed by atoms with Crippen molar-refractivity contribution in [2.45, 2.75) is 20.3 Å². The summed E-state index contributed by atoms with van der Waals surface area (Å²) in [6, 6.07) is 1.70. The summed E-state index contributed by atoms with van der Waals surface area (Å²) in [5.41, 5.74) is 0.573. The highest BCUT2D eigenvalue weighted by Crippen LogP contribution is 2.16. The number of carbonyl (C=O) groups excluding carboxylic acids is 1. The van der Waals surface area contributed by atoms with Crippen LogP contribution in [0.25, 0.3) is 6.08 Å². The Balaban J connectivity index is 2.43. The van der Waals surface area contributed by atoms with E-state index >= 15 is 0 Å². The van der Waals surface area contributed by atoms with Gasteiger partial charge in [-0.15, -0.1) is 11.3 Å². The van der Waals surface area contributed by atoms with Crippen LogP contribution < -0.4 is 5.32 Å². The summed E-state index contributed by atoms with van der Waals surface area (Å²) in [5.74, 6) is -1.11. The molecule has 0 saturated heterocycles. The van der Waals surface area contributed by atoms with Crippen molar-refractivity contribution < 1.29 is 14.7 Å². The number of carboxylic acid groups (broad SMARTS) is 1. The van der Waals surface area contributed by atoms with Gasteiger partial charge in [-0.3, -0.25) is 4.79 Å². The van der Waals surface area contributed by atoms with Crippen molar-refractivity contribution >= 4 is 29.3 Å². The molecule has 6 heteroatoms. The van der Waals surface area contributed by atoms with Crippen LogP contribution in [0.15, 0.2) is 17.5 Å². The van der Waals surface area contributed by atoms with E-state index in [1.807, 2.05) is 0 Å². The summed E-state index contributed by atoms with van der Waals surface area (Å²) in [6.45, 7) is 7.71. The van der Waals surface area contributed by atoms with Gasteiger partial charge in [0.1, 0.15) is 0 Å². The standard InChI is InChI=1S/C15H22N2O3S/c1-3-8-17(4-2)9-7-16-15(20)12-10-13(21-11-12)5-6-14(18)19/h5-6,10-11H,3-4,7-9H2,1-2H3,(H,16,20)(H,18,19)/b6-5+. The molecule has 116 valence electrons. The molecule has 0 atom stereocenters.